The van der Waals surface area contributed by atoms with Crippen LogP contribution in [0.5, 0.6) is 0 Å². The molecule has 0 aromatic heterocycles. The average Bonchev–Trinajstić information content (AvgIpc) is 1.98. The van der Waals surface area contributed by atoms with E-state index in [9.17, 15) is 0 Å². The first-order valence-corrected chi connectivity index (χ1v) is 4.87. The molecule has 0 aliphatic rings. The van der Waals surface area contributed by atoms with Crippen molar-refractivity contribution in [1.82, 2.24) is 10.2 Å². The Bertz CT molecular complexity index is 108. The summed E-state index contributed by atoms with van der Waals surface area (Å²) in [6.07, 6.45) is 2.42. The lowest BCUT2D eigenvalue weighted by Crippen LogP contribution is -2.39. The Balaban J connectivity index is 3.31. The van der Waals surface area contributed by atoms with E-state index in [0.29, 0.717) is 5.54 Å². The molecule has 0 radical (unpaired) electrons. The van der Waals surface area contributed by atoms with E-state index in [0.717, 1.165) is 6.54 Å². The molecule has 0 aromatic carbocycles. The minimum atomic E-state index is 0.312. The van der Waals surface area contributed by atoms with E-state index >= 15 is 0 Å². The second kappa shape index (κ2) is 5.55. The van der Waals surface area contributed by atoms with Gasteiger partial charge in [0.15, 0.2) is 0 Å². The molecule has 0 amide bonds. The van der Waals surface area contributed by atoms with Gasteiger partial charge in [0, 0.05) is 5.54 Å². The van der Waals surface area contributed by atoms with Crippen molar-refractivity contribution in [3.8, 4) is 0 Å². The topological polar surface area (TPSA) is 15.3 Å². The van der Waals surface area contributed by atoms with Gasteiger partial charge in [-0.25, -0.2) is 0 Å². The van der Waals surface area contributed by atoms with Gasteiger partial charge in [0.1, 0.15) is 0 Å². The van der Waals surface area contributed by atoms with Crippen LogP contribution < -0.4 is 5.32 Å². The summed E-state index contributed by atoms with van der Waals surface area (Å²) < 4.78 is 0. The summed E-state index contributed by atoms with van der Waals surface area (Å²) in [4.78, 5) is 2.22. The van der Waals surface area contributed by atoms with Crippen LogP contribution in [0.3, 0.4) is 0 Å². The Labute approximate surface area is 77.3 Å². The zero-order chi connectivity index (χ0) is 9.61. The van der Waals surface area contributed by atoms with Crippen LogP contribution in [-0.4, -0.2) is 37.6 Å². The summed E-state index contributed by atoms with van der Waals surface area (Å²) in [7, 11) is 4.23. The first-order valence-electron chi connectivity index (χ1n) is 4.87. The van der Waals surface area contributed by atoms with E-state index in [1.165, 1.54) is 19.4 Å². The molecular formula is C10H24N2. The van der Waals surface area contributed by atoms with Crippen LogP contribution in [0.4, 0.5) is 0 Å². The van der Waals surface area contributed by atoms with Gasteiger partial charge in [-0.15, -0.1) is 0 Å². The summed E-state index contributed by atoms with van der Waals surface area (Å²) >= 11 is 0. The molecule has 2 nitrogen and oxygen atoms in total. The number of rotatable bonds is 6. The lowest BCUT2D eigenvalue weighted by Gasteiger charge is -2.24. The SMILES string of the molecule is CCC(C)(C)NCCCN(C)C. The molecule has 0 atom stereocenters. The zero-order valence-electron chi connectivity index (χ0n) is 9.28. The molecule has 74 valence electrons. The smallest absolute Gasteiger partial charge is 0.0122 e. The number of nitrogens with one attached hydrogen (secondary N) is 1. The minimum absolute atomic E-state index is 0.312. The summed E-state index contributed by atoms with van der Waals surface area (Å²) in [5, 5.41) is 3.54. The van der Waals surface area contributed by atoms with Gasteiger partial charge in [0.05, 0.1) is 0 Å². The Kier molecular flexibility index (Phi) is 5.51. The van der Waals surface area contributed by atoms with Crippen molar-refractivity contribution >= 4 is 0 Å². The van der Waals surface area contributed by atoms with Crippen molar-refractivity contribution < 1.29 is 0 Å². The van der Waals surface area contributed by atoms with Crippen LogP contribution in [0.15, 0.2) is 0 Å². The molecule has 0 bridgehead atoms. The molecule has 0 unspecified atom stereocenters. The third-order valence-electron chi connectivity index (χ3n) is 2.27. The molecule has 0 aromatic rings. The van der Waals surface area contributed by atoms with Crippen LogP contribution in [0.25, 0.3) is 0 Å². The standard InChI is InChI=1S/C10H24N2/c1-6-10(2,3)11-8-7-9-12(4)5/h11H,6-9H2,1-5H3. The van der Waals surface area contributed by atoms with Crippen LogP contribution >= 0.6 is 0 Å². The van der Waals surface area contributed by atoms with Gasteiger partial charge in [-0.1, -0.05) is 6.92 Å². The predicted octanol–water partition coefficient (Wildman–Crippen LogP) is 1.72. The van der Waals surface area contributed by atoms with Gasteiger partial charge in [0.25, 0.3) is 0 Å². The predicted molar refractivity (Wildman–Crippen MR) is 55.5 cm³/mol. The molecule has 2 heteroatoms. The number of hydrogen-bond acceptors (Lipinski definition) is 2. The first-order chi connectivity index (χ1) is 5.48. The molecule has 0 saturated carbocycles. The summed E-state index contributed by atoms with van der Waals surface area (Å²) in [6.45, 7) is 9.02. The molecular weight excluding hydrogens is 148 g/mol. The van der Waals surface area contributed by atoms with Crippen LogP contribution in [0.1, 0.15) is 33.6 Å². The molecule has 0 rings (SSSR count). The summed E-state index contributed by atoms with van der Waals surface area (Å²) in [5.74, 6) is 0. The Morgan fingerprint density at radius 2 is 1.83 bits per heavy atom. The largest absolute Gasteiger partial charge is 0.312 e. The molecule has 0 spiro atoms. The van der Waals surface area contributed by atoms with Gasteiger partial charge in [0.2, 0.25) is 0 Å². The average molecular weight is 172 g/mol. The summed E-state index contributed by atoms with van der Waals surface area (Å²) in [6, 6.07) is 0. The van der Waals surface area contributed by atoms with E-state index < -0.39 is 0 Å². The highest BCUT2D eigenvalue weighted by Gasteiger charge is 2.12. The third kappa shape index (κ3) is 6.62. The second-order valence-corrected chi connectivity index (χ2v) is 4.32. The lowest BCUT2D eigenvalue weighted by molar-refractivity contribution is 0.345. The van der Waals surface area contributed by atoms with E-state index in [1.54, 1.807) is 0 Å². The molecule has 0 heterocycles. The lowest BCUT2D eigenvalue weighted by atomic mass is 10.0. The maximum atomic E-state index is 3.54. The molecule has 0 saturated heterocycles. The quantitative estimate of drug-likeness (QED) is 0.614. The maximum absolute atomic E-state index is 3.54. The minimum Gasteiger partial charge on any atom is -0.312 e. The zero-order valence-corrected chi connectivity index (χ0v) is 9.28. The molecule has 0 aliphatic carbocycles. The van der Waals surface area contributed by atoms with Crippen molar-refractivity contribution in [1.29, 1.82) is 0 Å². The van der Waals surface area contributed by atoms with E-state index in [2.05, 4.69) is 45.1 Å². The third-order valence-corrected chi connectivity index (χ3v) is 2.27. The highest BCUT2D eigenvalue weighted by molar-refractivity contribution is 4.74. The molecule has 1 N–H and O–H groups in total. The van der Waals surface area contributed by atoms with Gasteiger partial charge < -0.3 is 10.2 Å². The van der Waals surface area contributed by atoms with Gasteiger partial charge in [-0.05, 0) is 53.9 Å². The van der Waals surface area contributed by atoms with E-state index in [-0.39, 0.29) is 0 Å². The number of hydrogen-bond donors (Lipinski definition) is 1. The highest BCUT2D eigenvalue weighted by atomic mass is 15.1. The van der Waals surface area contributed by atoms with Crippen LogP contribution in [-0.2, 0) is 0 Å². The normalized spacial score (nSPS) is 12.5. The second-order valence-electron chi connectivity index (χ2n) is 4.32. The van der Waals surface area contributed by atoms with Crippen molar-refractivity contribution in [2.45, 2.75) is 39.2 Å². The molecule has 0 aliphatic heterocycles. The Hall–Kier alpha value is -0.0800. The van der Waals surface area contributed by atoms with E-state index in [4.69, 9.17) is 0 Å². The van der Waals surface area contributed by atoms with Crippen molar-refractivity contribution in [3.05, 3.63) is 0 Å². The Morgan fingerprint density at radius 1 is 1.25 bits per heavy atom. The van der Waals surface area contributed by atoms with Crippen molar-refractivity contribution in [2.24, 2.45) is 0 Å². The van der Waals surface area contributed by atoms with Gasteiger partial charge >= 0.3 is 0 Å². The van der Waals surface area contributed by atoms with Gasteiger partial charge in [-0.3, -0.25) is 0 Å². The monoisotopic (exact) mass is 172 g/mol. The van der Waals surface area contributed by atoms with Crippen molar-refractivity contribution in [3.63, 3.8) is 0 Å². The van der Waals surface area contributed by atoms with Crippen LogP contribution in [0, 0.1) is 0 Å². The maximum Gasteiger partial charge on any atom is 0.0122 e. The first kappa shape index (κ1) is 11.9. The Morgan fingerprint density at radius 3 is 2.25 bits per heavy atom. The van der Waals surface area contributed by atoms with E-state index in [1.807, 2.05) is 0 Å². The fraction of sp³-hybridized carbons (Fsp3) is 1.00. The van der Waals surface area contributed by atoms with Gasteiger partial charge in [-0.2, -0.15) is 0 Å². The fourth-order valence-electron chi connectivity index (χ4n) is 0.947. The van der Waals surface area contributed by atoms with Crippen LogP contribution in [0.2, 0.25) is 0 Å². The molecule has 0 fully saturated rings. The fourth-order valence-corrected chi connectivity index (χ4v) is 0.947. The molecule has 12 heavy (non-hydrogen) atoms. The highest BCUT2D eigenvalue weighted by Crippen LogP contribution is 2.05. The summed E-state index contributed by atoms with van der Waals surface area (Å²) in [5.41, 5.74) is 0.312. The van der Waals surface area contributed by atoms with Crippen molar-refractivity contribution in [2.75, 3.05) is 27.2 Å². The number of nitrogens with zero attached hydrogens (tertiary/aromatic N) is 1.